The number of ether oxygens (including phenoxy) is 2. The van der Waals surface area contributed by atoms with E-state index < -0.39 is 5.97 Å². The Morgan fingerprint density at radius 3 is 2.47 bits per heavy atom. The largest absolute Gasteiger partial charge is 0.497 e. The van der Waals surface area contributed by atoms with E-state index >= 15 is 0 Å². The summed E-state index contributed by atoms with van der Waals surface area (Å²) in [5, 5.41) is 13.1. The second-order valence-electron chi connectivity index (χ2n) is 7.39. The molecule has 1 aliphatic rings. The molecule has 2 N–H and O–H groups in total. The van der Waals surface area contributed by atoms with Gasteiger partial charge in [0, 0.05) is 35.6 Å². The minimum absolute atomic E-state index is 0.0449. The Balaban J connectivity index is 2.01. The molecule has 0 amide bonds. The molecule has 1 aliphatic heterocycles. The van der Waals surface area contributed by atoms with Crippen LogP contribution in [0.1, 0.15) is 22.3 Å². The summed E-state index contributed by atoms with van der Waals surface area (Å²) in [7, 11) is 3.23. The van der Waals surface area contributed by atoms with Gasteiger partial charge < -0.3 is 19.9 Å². The summed E-state index contributed by atoms with van der Waals surface area (Å²) in [5.74, 6) is 0.482. The first kappa shape index (κ1) is 19.8. The quantitative estimate of drug-likeness (QED) is 0.647. The summed E-state index contributed by atoms with van der Waals surface area (Å²) in [6, 6.07) is 9.68. The van der Waals surface area contributed by atoms with Crippen LogP contribution < -0.4 is 14.8 Å². The molecular formula is C24H24N2O4. The van der Waals surface area contributed by atoms with E-state index in [1.54, 1.807) is 14.2 Å². The Kier molecular flexibility index (Phi) is 5.08. The summed E-state index contributed by atoms with van der Waals surface area (Å²) in [6.45, 7) is 4.67. The highest BCUT2D eigenvalue weighted by molar-refractivity contribution is 5.95. The van der Waals surface area contributed by atoms with Crippen molar-refractivity contribution in [1.29, 1.82) is 0 Å². The number of hydrogen-bond acceptors (Lipinski definition) is 5. The van der Waals surface area contributed by atoms with E-state index in [0.717, 1.165) is 55.9 Å². The predicted octanol–water partition coefficient (Wildman–Crippen LogP) is 4.60. The van der Waals surface area contributed by atoms with E-state index in [4.69, 9.17) is 9.47 Å². The van der Waals surface area contributed by atoms with Crippen molar-refractivity contribution in [2.24, 2.45) is 0 Å². The van der Waals surface area contributed by atoms with Gasteiger partial charge in [0.05, 0.1) is 20.6 Å². The van der Waals surface area contributed by atoms with Crippen molar-refractivity contribution >= 4 is 11.7 Å². The number of carbonyl (C=O) groups is 1. The maximum Gasteiger partial charge on any atom is 0.307 e. The molecule has 0 unspecified atom stereocenters. The van der Waals surface area contributed by atoms with Crippen LogP contribution in [0.4, 0.5) is 5.69 Å². The number of aromatic nitrogens is 1. The predicted molar refractivity (Wildman–Crippen MR) is 116 cm³/mol. The lowest BCUT2D eigenvalue weighted by atomic mass is 9.81. The van der Waals surface area contributed by atoms with E-state index in [2.05, 4.69) is 10.3 Å². The third-order valence-electron chi connectivity index (χ3n) is 5.73. The zero-order chi connectivity index (χ0) is 21.4. The summed E-state index contributed by atoms with van der Waals surface area (Å²) < 4.78 is 10.6. The second-order valence-corrected chi connectivity index (χ2v) is 7.39. The molecule has 0 spiro atoms. The number of aliphatic carboxylic acids is 1. The monoisotopic (exact) mass is 404 g/mol. The smallest absolute Gasteiger partial charge is 0.307 e. The van der Waals surface area contributed by atoms with Gasteiger partial charge in [-0.05, 0) is 59.4 Å². The van der Waals surface area contributed by atoms with Crippen LogP contribution >= 0.6 is 0 Å². The van der Waals surface area contributed by atoms with Crippen LogP contribution in [0.2, 0.25) is 0 Å². The van der Waals surface area contributed by atoms with Crippen LogP contribution in [0.5, 0.6) is 11.6 Å². The molecule has 0 radical (unpaired) electrons. The number of hydrogen-bond donors (Lipinski definition) is 2. The molecule has 0 saturated heterocycles. The number of carboxylic acid groups (broad SMARTS) is 1. The minimum atomic E-state index is -0.852. The Labute approximate surface area is 175 Å². The number of rotatable bonds is 5. The van der Waals surface area contributed by atoms with Crippen molar-refractivity contribution in [3.8, 4) is 33.9 Å². The normalized spacial score (nSPS) is 11.9. The molecule has 0 aliphatic carbocycles. The number of fused-ring (bicyclic) bond motifs is 3. The number of pyridine rings is 1. The van der Waals surface area contributed by atoms with Crippen LogP contribution in [0.15, 0.2) is 36.5 Å². The number of anilines is 1. The Morgan fingerprint density at radius 1 is 1.10 bits per heavy atom. The highest BCUT2D eigenvalue weighted by Crippen LogP contribution is 2.46. The Hall–Kier alpha value is -3.54. The molecule has 30 heavy (non-hydrogen) atoms. The van der Waals surface area contributed by atoms with Gasteiger partial charge in [0.15, 0.2) is 0 Å². The summed E-state index contributed by atoms with van der Waals surface area (Å²) in [5.41, 5.74) is 8.88. The van der Waals surface area contributed by atoms with Crippen molar-refractivity contribution in [3.05, 3.63) is 58.8 Å². The average molecular weight is 404 g/mol. The zero-order valence-corrected chi connectivity index (χ0v) is 17.5. The molecule has 154 valence electrons. The number of nitrogens with one attached hydrogen (secondary N) is 1. The lowest BCUT2D eigenvalue weighted by molar-refractivity contribution is -0.136. The minimum Gasteiger partial charge on any atom is -0.497 e. The van der Waals surface area contributed by atoms with Crippen molar-refractivity contribution in [1.82, 2.24) is 4.98 Å². The SMILES string of the molecule is COc1ccc(-c2c(C)c3c(c(C)c2CC(=O)O)NCc2cc(OC)ncc2-3)cc1. The summed E-state index contributed by atoms with van der Waals surface area (Å²) in [4.78, 5) is 16.1. The molecule has 0 atom stereocenters. The van der Waals surface area contributed by atoms with Crippen molar-refractivity contribution < 1.29 is 19.4 Å². The molecule has 3 aromatic rings. The molecule has 2 heterocycles. The first-order chi connectivity index (χ1) is 14.4. The summed E-state index contributed by atoms with van der Waals surface area (Å²) >= 11 is 0. The van der Waals surface area contributed by atoms with Crippen LogP contribution in [-0.2, 0) is 17.8 Å². The Bertz CT molecular complexity index is 1140. The van der Waals surface area contributed by atoms with E-state index in [1.165, 1.54) is 0 Å². The van der Waals surface area contributed by atoms with Gasteiger partial charge >= 0.3 is 5.97 Å². The third kappa shape index (κ3) is 3.24. The van der Waals surface area contributed by atoms with Gasteiger partial charge in [-0.2, -0.15) is 0 Å². The van der Waals surface area contributed by atoms with Gasteiger partial charge in [-0.15, -0.1) is 0 Å². The standard InChI is InChI=1S/C24H24N2O4/c1-13-18(10-21(27)28)22(15-5-7-17(29-3)8-6-15)14(2)23-19-12-25-20(30-4)9-16(19)11-26-24(13)23/h5-9,12,26H,10-11H2,1-4H3,(H,27,28). The number of carboxylic acids is 1. The fraction of sp³-hybridized carbons (Fsp3) is 0.250. The van der Waals surface area contributed by atoms with Crippen molar-refractivity contribution in [2.75, 3.05) is 19.5 Å². The Morgan fingerprint density at radius 2 is 1.83 bits per heavy atom. The third-order valence-corrected chi connectivity index (χ3v) is 5.73. The van der Waals surface area contributed by atoms with Gasteiger partial charge in [0.1, 0.15) is 5.75 Å². The van der Waals surface area contributed by atoms with E-state index in [9.17, 15) is 9.90 Å². The number of nitrogens with zero attached hydrogens (tertiary/aromatic N) is 1. The fourth-order valence-electron chi connectivity index (χ4n) is 4.28. The van der Waals surface area contributed by atoms with Crippen LogP contribution in [0.25, 0.3) is 22.3 Å². The molecule has 2 aromatic carbocycles. The van der Waals surface area contributed by atoms with E-state index in [0.29, 0.717) is 12.4 Å². The lowest BCUT2D eigenvalue weighted by Crippen LogP contribution is -2.15. The van der Waals surface area contributed by atoms with Gasteiger partial charge in [0.2, 0.25) is 5.88 Å². The van der Waals surface area contributed by atoms with Gasteiger partial charge in [-0.1, -0.05) is 12.1 Å². The molecule has 0 bridgehead atoms. The highest BCUT2D eigenvalue weighted by Gasteiger charge is 2.27. The summed E-state index contributed by atoms with van der Waals surface area (Å²) in [6.07, 6.45) is 1.80. The maximum absolute atomic E-state index is 11.7. The molecular weight excluding hydrogens is 380 g/mol. The van der Waals surface area contributed by atoms with Crippen LogP contribution in [0, 0.1) is 13.8 Å². The zero-order valence-electron chi connectivity index (χ0n) is 17.5. The molecule has 6 heteroatoms. The highest BCUT2D eigenvalue weighted by atomic mass is 16.5. The van der Waals surface area contributed by atoms with Gasteiger partial charge in [-0.25, -0.2) is 4.98 Å². The molecule has 0 fully saturated rings. The van der Waals surface area contributed by atoms with Crippen LogP contribution in [-0.4, -0.2) is 30.3 Å². The maximum atomic E-state index is 11.7. The van der Waals surface area contributed by atoms with E-state index in [1.807, 2.05) is 50.4 Å². The van der Waals surface area contributed by atoms with E-state index in [-0.39, 0.29) is 6.42 Å². The van der Waals surface area contributed by atoms with Crippen molar-refractivity contribution in [3.63, 3.8) is 0 Å². The first-order valence-corrected chi connectivity index (χ1v) is 9.74. The number of methoxy groups -OCH3 is 2. The first-order valence-electron chi connectivity index (χ1n) is 9.74. The molecule has 4 rings (SSSR count). The fourth-order valence-corrected chi connectivity index (χ4v) is 4.28. The second kappa shape index (κ2) is 7.71. The molecule has 0 saturated carbocycles. The van der Waals surface area contributed by atoms with Crippen molar-refractivity contribution in [2.45, 2.75) is 26.8 Å². The average Bonchev–Trinajstić information content (AvgIpc) is 2.76. The molecule has 1 aromatic heterocycles. The van der Waals surface area contributed by atoms with Crippen LogP contribution in [0.3, 0.4) is 0 Å². The number of benzene rings is 2. The molecule has 6 nitrogen and oxygen atoms in total. The van der Waals surface area contributed by atoms with Gasteiger partial charge in [-0.3, -0.25) is 4.79 Å². The van der Waals surface area contributed by atoms with Gasteiger partial charge in [0.25, 0.3) is 0 Å². The lowest BCUT2D eigenvalue weighted by Gasteiger charge is -2.29. The topological polar surface area (TPSA) is 80.7 Å².